The summed E-state index contributed by atoms with van der Waals surface area (Å²) in [6, 6.07) is 11.4. The van der Waals surface area contributed by atoms with Crippen molar-refractivity contribution in [3.8, 4) is 5.75 Å². The molecule has 0 saturated heterocycles. The van der Waals surface area contributed by atoms with Crippen LogP contribution in [0, 0.1) is 6.92 Å². The topological polar surface area (TPSA) is 69.0 Å². The Balaban J connectivity index is 1.71. The number of rotatable bonds is 4. The zero-order chi connectivity index (χ0) is 20.5. The molecule has 7 heteroatoms. The molecule has 0 radical (unpaired) electrons. The first-order valence-corrected chi connectivity index (χ1v) is 9.58. The summed E-state index contributed by atoms with van der Waals surface area (Å²) in [6.45, 7) is 3.46. The summed E-state index contributed by atoms with van der Waals surface area (Å²) in [6.07, 6.45) is -0.116. The van der Waals surface area contributed by atoms with Gasteiger partial charge in [0, 0.05) is 23.5 Å². The maximum atomic E-state index is 12.6. The first-order chi connectivity index (χ1) is 14.0. The Hall–Kier alpha value is -2.83. The summed E-state index contributed by atoms with van der Waals surface area (Å²) in [7, 11) is 1.29. The molecule has 4 rings (SSSR count). The summed E-state index contributed by atoms with van der Waals surface area (Å²) in [5.41, 5.74) is 2.90. The number of aryl methyl sites for hydroxylation is 1. The predicted molar refractivity (Wildman–Crippen MR) is 109 cm³/mol. The lowest BCUT2D eigenvalue weighted by molar-refractivity contribution is -0.139. The second-order valence-electron chi connectivity index (χ2n) is 7.06. The quantitative estimate of drug-likeness (QED) is 0.478. The summed E-state index contributed by atoms with van der Waals surface area (Å²) >= 11 is 6.09. The van der Waals surface area contributed by atoms with Crippen LogP contribution in [-0.2, 0) is 29.0 Å². The minimum absolute atomic E-state index is 0.116. The number of methoxy groups -OCH3 is 1. The highest BCUT2D eigenvalue weighted by molar-refractivity contribution is 6.30. The Bertz CT molecular complexity index is 1150. The number of halogens is 1. The van der Waals surface area contributed by atoms with Crippen LogP contribution < -0.4 is 10.4 Å². The van der Waals surface area contributed by atoms with Crippen LogP contribution in [0.2, 0.25) is 5.02 Å². The predicted octanol–water partition coefficient (Wildman–Crippen LogP) is 3.82. The number of nitrogens with zero attached hydrogens (tertiary/aromatic N) is 1. The van der Waals surface area contributed by atoms with E-state index < -0.39 is 11.6 Å². The van der Waals surface area contributed by atoms with Gasteiger partial charge in [0.05, 0.1) is 24.7 Å². The third-order valence-electron chi connectivity index (χ3n) is 5.14. The molecule has 0 saturated carbocycles. The Morgan fingerprint density at radius 2 is 2.10 bits per heavy atom. The molecular formula is C22H20ClNO5. The van der Waals surface area contributed by atoms with E-state index in [1.165, 1.54) is 7.11 Å². The SMILES string of the molecule is COC(=O)Cc1c(C)c2ccc3c(c2oc1=O)CN(Cc1cccc(Cl)c1)CO3. The van der Waals surface area contributed by atoms with E-state index in [4.69, 9.17) is 25.5 Å². The number of ether oxygens (including phenoxy) is 2. The van der Waals surface area contributed by atoms with Gasteiger partial charge in [-0.25, -0.2) is 4.79 Å². The van der Waals surface area contributed by atoms with Crippen molar-refractivity contribution in [3.05, 3.63) is 74.1 Å². The fourth-order valence-electron chi connectivity index (χ4n) is 3.62. The van der Waals surface area contributed by atoms with Gasteiger partial charge in [-0.05, 0) is 42.3 Å². The molecule has 150 valence electrons. The lowest BCUT2D eigenvalue weighted by atomic mass is 10.00. The molecule has 3 aromatic rings. The van der Waals surface area contributed by atoms with E-state index in [1.54, 1.807) is 0 Å². The van der Waals surface area contributed by atoms with Crippen molar-refractivity contribution < 1.29 is 18.7 Å². The van der Waals surface area contributed by atoms with Crippen LogP contribution in [0.25, 0.3) is 11.0 Å². The van der Waals surface area contributed by atoms with Gasteiger partial charge in [-0.3, -0.25) is 9.69 Å². The number of benzene rings is 2. The van der Waals surface area contributed by atoms with Crippen LogP contribution in [0.1, 0.15) is 22.3 Å². The van der Waals surface area contributed by atoms with Gasteiger partial charge in [0.1, 0.15) is 18.1 Å². The first-order valence-electron chi connectivity index (χ1n) is 9.21. The smallest absolute Gasteiger partial charge is 0.340 e. The molecule has 0 N–H and O–H groups in total. The maximum Gasteiger partial charge on any atom is 0.340 e. The number of fused-ring (bicyclic) bond motifs is 3. The molecule has 0 bridgehead atoms. The zero-order valence-corrected chi connectivity index (χ0v) is 16.9. The van der Waals surface area contributed by atoms with E-state index >= 15 is 0 Å². The number of carbonyl (C=O) groups is 1. The van der Waals surface area contributed by atoms with E-state index in [2.05, 4.69) is 4.90 Å². The fraction of sp³-hybridized carbons (Fsp3) is 0.273. The molecule has 1 aromatic heterocycles. The molecule has 2 aromatic carbocycles. The molecule has 0 spiro atoms. The van der Waals surface area contributed by atoms with Gasteiger partial charge in [-0.1, -0.05) is 23.7 Å². The third-order valence-corrected chi connectivity index (χ3v) is 5.38. The van der Waals surface area contributed by atoms with Crippen molar-refractivity contribution in [3.63, 3.8) is 0 Å². The molecular weight excluding hydrogens is 394 g/mol. The van der Waals surface area contributed by atoms with E-state index in [1.807, 2.05) is 43.3 Å². The van der Waals surface area contributed by atoms with Crippen LogP contribution in [0.3, 0.4) is 0 Å². The van der Waals surface area contributed by atoms with Gasteiger partial charge in [0.15, 0.2) is 0 Å². The Morgan fingerprint density at radius 1 is 1.28 bits per heavy atom. The van der Waals surface area contributed by atoms with E-state index in [-0.39, 0.29) is 6.42 Å². The largest absolute Gasteiger partial charge is 0.478 e. The number of esters is 1. The van der Waals surface area contributed by atoms with Gasteiger partial charge in [-0.2, -0.15) is 0 Å². The number of hydrogen-bond donors (Lipinski definition) is 0. The minimum atomic E-state index is -0.527. The summed E-state index contributed by atoms with van der Waals surface area (Å²) < 4.78 is 16.2. The molecule has 1 aliphatic heterocycles. The number of carbonyl (C=O) groups excluding carboxylic acids is 1. The van der Waals surface area contributed by atoms with Gasteiger partial charge in [-0.15, -0.1) is 0 Å². The number of hydrogen-bond acceptors (Lipinski definition) is 6. The highest BCUT2D eigenvalue weighted by Gasteiger charge is 2.24. The van der Waals surface area contributed by atoms with Crippen molar-refractivity contribution in [2.24, 2.45) is 0 Å². The molecule has 0 atom stereocenters. The standard InChI is InChI=1S/C22H20ClNO5/c1-13-16-6-7-19-18(21(16)29-22(26)17(13)9-20(25)27-2)11-24(12-28-19)10-14-4-3-5-15(23)8-14/h3-8H,9-12H2,1-2H3. The molecule has 1 aliphatic rings. The average Bonchev–Trinajstić information content (AvgIpc) is 2.71. The zero-order valence-electron chi connectivity index (χ0n) is 16.2. The Labute approximate surface area is 172 Å². The van der Waals surface area contributed by atoms with Gasteiger partial charge >= 0.3 is 11.6 Å². The van der Waals surface area contributed by atoms with Crippen molar-refractivity contribution in [2.45, 2.75) is 26.4 Å². The lowest BCUT2D eigenvalue weighted by Crippen LogP contribution is -2.31. The average molecular weight is 414 g/mol. The van der Waals surface area contributed by atoms with Gasteiger partial charge in [0.2, 0.25) is 0 Å². The second kappa shape index (κ2) is 7.89. The van der Waals surface area contributed by atoms with Crippen LogP contribution in [0.15, 0.2) is 45.6 Å². The van der Waals surface area contributed by atoms with Crippen LogP contribution in [0.5, 0.6) is 5.75 Å². The van der Waals surface area contributed by atoms with E-state index in [0.717, 1.165) is 22.1 Å². The molecule has 0 unspecified atom stereocenters. The Morgan fingerprint density at radius 3 is 2.86 bits per heavy atom. The molecule has 0 fully saturated rings. The van der Waals surface area contributed by atoms with E-state index in [0.29, 0.717) is 41.7 Å². The summed E-state index contributed by atoms with van der Waals surface area (Å²) in [5, 5.41) is 1.47. The second-order valence-corrected chi connectivity index (χ2v) is 7.49. The van der Waals surface area contributed by atoms with Gasteiger partial charge < -0.3 is 13.9 Å². The monoisotopic (exact) mass is 413 g/mol. The molecule has 29 heavy (non-hydrogen) atoms. The van der Waals surface area contributed by atoms with Crippen molar-refractivity contribution in [1.82, 2.24) is 4.90 Å². The summed E-state index contributed by atoms with van der Waals surface area (Å²) in [5.74, 6) is 0.219. The lowest BCUT2D eigenvalue weighted by Gasteiger charge is -2.29. The maximum absolute atomic E-state index is 12.6. The molecule has 0 aliphatic carbocycles. The van der Waals surface area contributed by atoms with Crippen molar-refractivity contribution in [2.75, 3.05) is 13.8 Å². The minimum Gasteiger partial charge on any atom is -0.478 e. The molecule has 6 nitrogen and oxygen atoms in total. The Kier molecular flexibility index (Phi) is 5.30. The highest BCUT2D eigenvalue weighted by Crippen LogP contribution is 2.34. The summed E-state index contributed by atoms with van der Waals surface area (Å²) in [4.78, 5) is 26.3. The van der Waals surface area contributed by atoms with Crippen LogP contribution in [0.4, 0.5) is 0 Å². The van der Waals surface area contributed by atoms with Gasteiger partial charge in [0.25, 0.3) is 0 Å². The molecule has 0 amide bonds. The van der Waals surface area contributed by atoms with Crippen molar-refractivity contribution in [1.29, 1.82) is 0 Å². The first kappa shape index (κ1) is 19.5. The van der Waals surface area contributed by atoms with Crippen LogP contribution in [-0.4, -0.2) is 24.7 Å². The highest BCUT2D eigenvalue weighted by atomic mass is 35.5. The van der Waals surface area contributed by atoms with E-state index in [9.17, 15) is 9.59 Å². The third kappa shape index (κ3) is 3.86. The van der Waals surface area contributed by atoms with Crippen LogP contribution >= 0.6 is 11.6 Å². The fourth-order valence-corrected chi connectivity index (χ4v) is 3.84. The molecule has 2 heterocycles. The van der Waals surface area contributed by atoms with Crippen molar-refractivity contribution >= 4 is 28.5 Å². The normalized spacial score (nSPS) is 13.8.